The van der Waals surface area contributed by atoms with E-state index in [-0.39, 0.29) is 5.88 Å². The van der Waals surface area contributed by atoms with Gasteiger partial charge in [-0.1, -0.05) is 11.6 Å². The molecule has 1 amide bonds. The molecular formula is C26H32ClN5O5. The smallest absolute Gasteiger partial charge is 0.478 e. The van der Waals surface area contributed by atoms with Crippen molar-refractivity contribution in [3.63, 3.8) is 0 Å². The third-order valence-electron chi connectivity index (χ3n) is 7.28. The Balaban J connectivity index is 1.35. The van der Waals surface area contributed by atoms with Crippen LogP contribution in [0, 0.1) is 0 Å². The van der Waals surface area contributed by atoms with Gasteiger partial charge < -0.3 is 24.5 Å². The third kappa shape index (κ3) is 5.11. The van der Waals surface area contributed by atoms with Gasteiger partial charge in [-0.3, -0.25) is 9.69 Å². The molecule has 2 saturated heterocycles. The van der Waals surface area contributed by atoms with E-state index in [2.05, 4.69) is 27.1 Å². The number of piperazine rings is 1. The lowest BCUT2D eigenvalue weighted by Crippen LogP contribution is -2.53. The molecule has 1 N–H and O–H groups in total. The van der Waals surface area contributed by atoms with Gasteiger partial charge in [-0.05, 0) is 70.2 Å². The van der Waals surface area contributed by atoms with Crippen LogP contribution in [0.4, 0.5) is 10.5 Å². The van der Waals surface area contributed by atoms with Crippen molar-refractivity contribution in [3.05, 3.63) is 52.7 Å². The van der Waals surface area contributed by atoms with E-state index in [9.17, 15) is 9.59 Å². The van der Waals surface area contributed by atoms with E-state index in [1.54, 1.807) is 41.6 Å². The van der Waals surface area contributed by atoms with E-state index < -0.39 is 17.7 Å². The summed E-state index contributed by atoms with van der Waals surface area (Å²) in [5.74, 6) is -0.365. The van der Waals surface area contributed by atoms with Gasteiger partial charge in [0.2, 0.25) is 5.88 Å². The van der Waals surface area contributed by atoms with Gasteiger partial charge in [0.05, 0.1) is 12.2 Å². The predicted molar refractivity (Wildman–Crippen MR) is 137 cm³/mol. The molecule has 198 valence electrons. The molecule has 1 aromatic heterocycles. The maximum atomic E-state index is 13.5. The van der Waals surface area contributed by atoms with E-state index >= 15 is 0 Å². The topological polar surface area (TPSA) is 96.5 Å². The average Bonchev–Trinajstić information content (AvgIpc) is 3.16. The van der Waals surface area contributed by atoms with Crippen LogP contribution in [0.2, 0.25) is 5.02 Å². The number of pyridine rings is 1. The number of carbonyl (C=O) groups is 2. The van der Waals surface area contributed by atoms with Crippen molar-refractivity contribution in [1.29, 1.82) is 0 Å². The van der Waals surface area contributed by atoms with Crippen LogP contribution in [0.25, 0.3) is 0 Å². The standard InChI is InChI=1S/C26H32ClN5O5/c1-3-35-23-20(5-4-10-28-23)26(21-17-18(27)6-7-22(21)29-24(26)33)36-25(34)37-32-15-13-31(14-16-32)19-8-11-30(2)12-9-19/h4-7,10,17,19H,3,8-9,11-16H2,1-2H3,(H,29,33). The van der Waals surface area contributed by atoms with Gasteiger partial charge in [-0.25, -0.2) is 9.78 Å². The predicted octanol–water partition coefficient (Wildman–Crippen LogP) is 3.11. The first-order chi connectivity index (χ1) is 17.9. The molecule has 1 aromatic carbocycles. The normalized spacial score (nSPS) is 23.4. The molecule has 11 heteroatoms. The summed E-state index contributed by atoms with van der Waals surface area (Å²) >= 11 is 6.29. The molecule has 3 aliphatic rings. The van der Waals surface area contributed by atoms with Crippen molar-refractivity contribution in [2.24, 2.45) is 0 Å². The zero-order valence-electron chi connectivity index (χ0n) is 21.1. The molecule has 37 heavy (non-hydrogen) atoms. The van der Waals surface area contributed by atoms with Crippen molar-refractivity contribution >= 4 is 29.4 Å². The van der Waals surface area contributed by atoms with Gasteiger partial charge in [-0.15, -0.1) is 5.06 Å². The molecule has 0 bridgehead atoms. The Morgan fingerprint density at radius 1 is 1.14 bits per heavy atom. The molecule has 0 spiro atoms. The SMILES string of the molecule is CCOc1ncccc1C1(OC(=O)ON2CCN(C3CCN(C)CC3)CC2)C(=O)Nc2ccc(Cl)cc21. The Morgan fingerprint density at radius 3 is 2.62 bits per heavy atom. The second-order valence-corrected chi connectivity index (χ2v) is 9.99. The number of hydroxylamine groups is 2. The van der Waals surface area contributed by atoms with Gasteiger partial charge in [0.25, 0.3) is 11.5 Å². The van der Waals surface area contributed by atoms with Crippen molar-refractivity contribution in [3.8, 4) is 5.88 Å². The highest BCUT2D eigenvalue weighted by Gasteiger charge is 2.55. The van der Waals surface area contributed by atoms with Crippen LogP contribution in [-0.4, -0.2) is 90.9 Å². The lowest BCUT2D eigenvalue weighted by atomic mass is 9.87. The van der Waals surface area contributed by atoms with Gasteiger partial charge >= 0.3 is 6.16 Å². The molecule has 2 aromatic rings. The first kappa shape index (κ1) is 25.7. The summed E-state index contributed by atoms with van der Waals surface area (Å²) < 4.78 is 11.6. The van der Waals surface area contributed by atoms with Gasteiger partial charge in [0, 0.05) is 54.7 Å². The fourth-order valence-electron chi connectivity index (χ4n) is 5.35. The minimum absolute atomic E-state index is 0.188. The summed E-state index contributed by atoms with van der Waals surface area (Å²) in [5, 5.41) is 4.79. The Bertz CT molecular complexity index is 1150. The highest BCUT2D eigenvalue weighted by molar-refractivity contribution is 6.31. The number of benzene rings is 1. The van der Waals surface area contributed by atoms with Crippen LogP contribution in [0.5, 0.6) is 5.88 Å². The van der Waals surface area contributed by atoms with Crippen molar-refractivity contribution < 1.29 is 23.9 Å². The highest BCUT2D eigenvalue weighted by Crippen LogP contribution is 2.47. The molecular weight excluding hydrogens is 498 g/mol. The van der Waals surface area contributed by atoms with Crippen molar-refractivity contribution in [2.45, 2.75) is 31.4 Å². The second-order valence-electron chi connectivity index (χ2n) is 9.56. The van der Waals surface area contributed by atoms with Crippen LogP contribution in [0.3, 0.4) is 0 Å². The van der Waals surface area contributed by atoms with Crippen LogP contribution in [0.1, 0.15) is 30.9 Å². The van der Waals surface area contributed by atoms with Gasteiger partial charge in [0.1, 0.15) is 0 Å². The first-order valence-corrected chi connectivity index (χ1v) is 13.1. The Kier molecular flexibility index (Phi) is 7.52. The number of amides is 1. The van der Waals surface area contributed by atoms with Crippen LogP contribution < -0.4 is 10.1 Å². The summed E-state index contributed by atoms with van der Waals surface area (Å²) in [6, 6.07) is 8.80. The van der Waals surface area contributed by atoms with E-state index in [1.807, 2.05) is 6.92 Å². The van der Waals surface area contributed by atoms with Crippen molar-refractivity contribution in [2.75, 3.05) is 58.2 Å². The Hall–Kier alpha value is -2.92. The molecule has 1 atom stereocenters. The summed E-state index contributed by atoms with van der Waals surface area (Å²) in [6.07, 6.45) is 2.86. The number of hydrogen-bond acceptors (Lipinski definition) is 9. The molecule has 10 nitrogen and oxygen atoms in total. The number of halogens is 1. The second kappa shape index (κ2) is 10.8. The maximum Gasteiger partial charge on any atom is 0.529 e. The lowest BCUT2D eigenvalue weighted by molar-refractivity contribution is -0.167. The molecule has 0 saturated carbocycles. The zero-order chi connectivity index (χ0) is 26.0. The number of hydrogen-bond donors (Lipinski definition) is 1. The first-order valence-electron chi connectivity index (χ1n) is 12.7. The van der Waals surface area contributed by atoms with E-state index in [1.165, 1.54) is 0 Å². The molecule has 2 fully saturated rings. The number of ether oxygens (including phenoxy) is 2. The minimum atomic E-state index is -1.87. The average molecular weight is 530 g/mol. The largest absolute Gasteiger partial charge is 0.529 e. The number of piperidine rings is 1. The number of rotatable bonds is 6. The number of anilines is 1. The Morgan fingerprint density at radius 2 is 1.89 bits per heavy atom. The van der Waals surface area contributed by atoms with Gasteiger partial charge in [0.15, 0.2) is 0 Å². The number of carbonyl (C=O) groups excluding carboxylic acids is 2. The third-order valence-corrected chi connectivity index (χ3v) is 7.51. The summed E-state index contributed by atoms with van der Waals surface area (Å²) in [7, 11) is 2.15. The number of nitrogens with one attached hydrogen (secondary N) is 1. The van der Waals surface area contributed by atoms with E-state index in [0.29, 0.717) is 47.6 Å². The number of nitrogens with zero attached hydrogens (tertiary/aromatic N) is 4. The van der Waals surface area contributed by atoms with E-state index in [4.69, 9.17) is 25.9 Å². The van der Waals surface area contributed by atoms with Crippen molar-refractivity contribution in [1.82, 2.24) is 19.8 Å². The van der Waals surface area contributed by atoms with Crippen LogP contribution in [-0.2, 0) is 20.0 Å². The number of fused-ring (bicyclic) bond motifs is 1. The quantitative estimate of drug-likeness (QED) is 0.566. The number of likely N-dealkylation sites (tertiary alicyclic amines) is 1. The maximum absolute atomic E-state index is 13.5. The highest BCUT2D eigenvalue weighted by atomic mass is 35.5. The van der Waals surface area contributed by atoms with E-state index in [0.717, 1.165) is 39.0 Å². The fraction of sp³-hybridized carbons (Fsp3) is 0.500. The summed E-state index contributed by atoms with van der Waals surface area (Å²) in [4.78, 5) is 41.4. The molecule has 0 aliphatic carbocycles. The molecule has 1 unspecified atom stereocenters. The van der Waals surface area contributed by atoms with Crippen LogP contribution >= 0.6 is 11.6 Å². The lowest BCUT2D eigenvalue weighted by Gasteiger charge is -2.41. The summed E-state index contributed by atoms with van der Waals surface area (Å²) in [6.45, 7) is 7.02. The molecule has 0 radical (unpaired) electrons. The van der Waals surface area contributed by atoms with Gasteiger partial charge in [-0.2, -0.15) is 0 Å². The molecule has 5 rings (SSSR count). The van der Waals surface area contributed by atoms with Crippen LogP contribution in [0.15, 0.2) is 36.5 Å². The summed E-state index contributed by atoms with van der Waals surface area (Å²) in [5.41, 5.74) is -0.700. The molecule has 3 aliphatic heterocycles. The number of aromatic nitrogens is 1. The monoisotopic (exact) mass is 529 g/mol. The minimum Gasteiger partial charge on any atom is -0.478 e. The Labute approximate surface area is 221 Å². The fourth-order valence-corrected chi connectivity index (χ4v) is 5.52. The molecule has 4 heterocycles. The zero-order valence-corrected chi connectivity index (χ0v) is 21.9.